The second-order valence-electron chi connectivity index (χ2n) is 9.98. The fourth-order valence-electron chi connectivity index (χ4n) is 5.11. The Morgan fingerprint density at radius 3 is 1.29 bits per heavy atom. The number of ether oxygens (including phenoxy) is 2. The first kappa shape index (κ1) is 30.0. The van der Waals surface area contributed by atoms with Crippen LogP contribution in [-0.2, 0) is 0 Å². The van der Waals surface area contributed by atoms with Crippen molar-refractivity contribution >= 4 is 33.7 Å². The summed E-state index contributed by atoms with van der Waals surface area (Å²) in [5.74, 6) is 1.90. The van der Waals surface area contributed by atoms with Gasteiger partial charge in [0.1, 0.15) is 24.7 Å². The average Bonchev–Trinajstić information content (AvgIpc) is 2.95. The molecule has 4 heteroatoms. The molecule has 0 aliphatic rings. The molecule has 0 atom stereocenters. The Bertz CT molecular complexity index is 1160. The minimum Gasteiger partial charge on any atom is -0.492 e. The lowest BCUT2D eigenvalue weighted by molar-refractivity contribution is 0.223. The van der Waals surface area contributed by atoms with E-state index in [2.05, 4.69) is 99.9 Å². The largest absolute Gasteiger partial charge is 0.492 e. The van der Waals surface area contributed by atoms with Gasteiger partial charge in [-0.05, 0) is 95.3 Å². The van der Waals surface area contributed by atoms with Crippen molar-refractivity contribution in [2.24, 2.45) is 0 Å². The van der Waals surface area contributed by atoms with Gasteiger partial charge >= 0.3 is 0 Å². The van der Waals surface area contributed by atoms with Crippen LogP contribution in [0, 0.1) is 0 Å². The van der Waals surface area contributed by atoms with E-state index >= 15 is 0 Å². The second-order valence-corrected chi connectivity index (χ2v) is 9.98. The molecule has 0 saturated carbocycles. The number of hydrogen-bond acceptors (Lipinski definition) is 4. The third-order valence-electron chi connectivity index (χ3n) is 7.56. The third-order valence-corrected chi connectivity index (χ3v) is 7.56. The van der Waals surface area contributed by atoms with Crippen LogP contribution in [0.5, 0.6) is 11.5 Å². The van der Waals surface area contributed by atoms with E-state index in [1.807, 2.05) is 0 Å². The minimum atomic E-state index is 0.706. The molecule has 0 aliphatic carbocycles. The Morgan fingerprint density at radius 2 is 0.947 bits per heavy atom. The lowest BCUT2D eigenvalue weighted by Crippen LogP contribution is -2.28. The summed E-state index contributed by atoms with van der Waals surface area (Å²) in [5, 5.41) is 7.78. The molecule has 3 rings (SSSR count). The van der Waals surface area contributed by atoms with Crippen molar-refractivity contribution in [2.75, 3.05) is 52.5 Å². The minimum absolute atomic E-state index is 0.706. The van der Waals surface area contributed by atoms with Crippen molar-refractivity contribution in [2.45, 2.75) is 67.2 Å². The van der Waals surface area contributed by atoms with Crippen molar-refractivity contribution in [1.29, 1.82) is 0 Å². The van der Waals surface area contributed by atoms with Gasteiger partial charge in [0.15, 0.2) is 0 Å². The standard InChI is InChI=1S/C34H50N2O2/c1-7-13-15-29-31-19-17-28(38-24-22-36(11-5)12-6)26-34(31)30(16-14-8-2)32-20-18-27(25-33(29)32)37-23-21-35(9-3)10-4/h15-20,25-26H,7-14,21-24H2,1-6H3. The van der Waals surface area contributed by atoms with E-state index < -0.39 is 0 Å². The van der Waals surface area contributed by atoms with Crippen molar-refractivity contribution in [3.05, 3.63) is 46.8 Å². The SMILES string of the molecule is CCCC=c1c2ccc(OCCN(CC)CC)cc2c(=CCCC)c2ccc(OCCN(CC)CC)cc12. The van der Waals surface area contributed by atoms with Crippen molar-refractivity contribution in [3.8, 4) is 11.5 Å². The highest BCUT2D eigenvalue weighted by atomic mass is 16.5. The van der Waals surface area contributed by atoms with Gasteiger partial charge in [0.25, 0.3) is 0 Å². The fraction of sp³-hybridized carbons (Fsp3) is 0.529. The lowest BCUT2D eigenvalue weighted by Gasteiger charge is -2.19. The second kappa shape index (κ2) is 15.8. The first-order chi connectivity index (χ1) is 18.6. The van der Waals surface area contributed by atoms with Gasteiger partial charge < -0.3 is 19.3 Å². The van der Waals surface area contributed by atoms with Crippen molar-refractivity contribution < 1.29 is 9.47 Å². The summed E-state index contributed by atoms with van der Waals surface area (Å²) >= 11 is 0. The summed E-state index contributed by atoms with van der Waals surface area (Å²) in [6.07, 6.45) is 9.18. The van der Waals surface area contributed by atoms with Crippen LogP contribution in [0.2, 0.25) is 0 Å². The van der Waals surface area contributed by atoms with E-state index in [1.54, 1.807) is 0 Å². The quantitative estimate of drug-likeness (QED) is 0.200. The molecule has 3 aromatic carbocycles. The summed E-state index contributed by atoms with van der Waals surface area (Å²) in [4.78, 5) is 4.79. The number of nitrogens with zero attached hydrogens (tertiary/aromatic N) is 2. The van der Waals surface area contributed by atoms with E-state index in [0.717, 1.165) is 76.5 Å². The predicted octanol–water partition coefficient (Wildman–Crippen LogP) is 6.60. The Morgan fingerprint density at radius 1 is 0.553 bits per heavy atom. The molecule has 0 unspecified atom stereocenters. The van der Waals surface area contributed by atoms with Crippen molar-refractivity contribution in [1.82, 2.24) is 9.80 Å². The van der Waals surface area contributed by atoms with Gasteiger partial charge in [0.2, 0.25) is 0 Å². The molecule has 0 saturated heterocycles. The number of rotatable bonds is 16. The molecule has 38 heavy (non-hydrogen) atoms. The smallest absolute Gasteiger partial charge is 0.120 e. The number of hydrogen-bond donors (Lipinski definition) is 0. The maximum Gasteiger partial charge on any atom is 0.120 e. The molecule has 0 heterocycles. The van der Waals surface area contributed by atoms with Gasteiger partial charge in [0.05, 0.1) is 0 Å². The Labute approximate surface area is 230 Å². The maximum atomic E-state index is 6.25. The molecule has 0 bridgehead atoms. The van der Waals surface area contributed by atoms with Gasteiger partial charge in [-0.25, -0.2) is 0 Å². The number of benzene rings is 3. The van der Waals surface area contributed by atoms with Gasteiger partial charge in [-0.15, -0.1) is 0 Å². The van der Waals surface area contributed by atoms with Crippen LogP contribution in [0.1, 0.15) is 67.2 Å². The van der Waals surface area contributed by atoms with Crippen molar-refractivity contribution in [3.63, 3.8) is 0 Å². The highest BCUT2D eigenvalue weighted by Crippen LogP contribution is 2.23. The zero-order chi connectivity index (χ0) is 27.3. The van der Waals surface area contributed by atoms with Crippen LogP contribution in [0.3, 0.4) is 0 Å². The summed E-state index contributed by atoms with van der Waals surface area (Å²) in [5.41, 5.74) is 0. The molecular weight excluding hydrogens is 468 g/mol. The van der Waals surface area contributed by atoms with Gasteiger partial charge in [0, 0.05) is 13.1 Å². The number of likely N-dealkylation sites (N-methyl/N-ethyl adjacent to an activating group) is 2. The molecule has 4 nitrogen and oxygen atoms in total. The Kier molecular flexibility index (Phi) is 12.4. The highest BCUT2D eigenvalue weighted by Gasteiger charge is 2.10. The molecule has 0 aromatic heterocycles. The van der Waals surface area contributed by atoms with Crippen LogP contribution < -0.4 is 19.9 Å². The van der Waals surface area contributed by atoms with E-state index in [9.17, 15) is 0 Å². The molecule has 3 aromatic rings. The summed E-state index contributed by atoms with van der Waals surface area (Å²) in [7, 11) is 0. The molecule has 208 valence electrons. The van der Waals surface area contributed by atoms with Gasteiger partial charge in [-0.2, -0.15) is 0 Å². The maximum absolute atomic E-state index is 6.25. The normalized spacial score (nSPS) is 12.9. The molecule has 0 N–H and O–H groups in total. The topological polar surface area (TPSA) is 24.9 Å². The number of fused-ring (bicyclic) bond motifs is 2. The van der Waals surface area contributed by atoms with E-state index in [-0.39, 0.29) is 0 Å². The average molecular weight is 519 g/mol. The Hall–Kier alpha value is -2.56. The molecular formula is C34H50N2O2. The van der Waals surface area contributed by atoms with Crippen LogP contribution in [0.4, 0.5) is 0 Å². The van der Waals surface area contributed by atoms with Gasteiger partial charge in [-0.1, -0.05) is 78.7 Å². The third kappa shape index (κ3) is 7.74. The van der Waals surface area contributed by atoms with Crippen LogP contribution in [0.25, 0.3) is 33.7 Å². The predicted molar refractivity (Wildman–Crippen MR) is 166 cm³/mol. The zero-order valence-corrected chi connectivity index (χ0v) is 24.8. The molecule has 0 amide bonds. The molecule has 0 radical (unpaired) electrons. The Balaban J connectivity index is 2.09. The zero-order valence-electron chi connectivity index (χ0n) is 24.8. The highest BCUT2D eigenvalue weighted by molar-refractivity contribution is 6.01. The van der Waals surface area contributed by atoms with E-state index in [0.29, 0.717) is 13.2 Å². The lowest BCUT2D eigenvalue weighted by atomic mass is 9.95. The molecule has 0 fully saturated rings. The van der Waals surface area contributed by atoms with Crippen LogP contribution in [0.15, 0.2) is 36.4 Å². The summed E-state index contributed by atoms with van der Waals surface area (Å²) < 4.78 is 12.5. The first-order valence-corrected chi connectivity index (χ1v) is 15.0. The van der Waals surface area contributed by atoms with Crippen LogP contribution >= 0.6 is 0 Å². The summed E-state index contributed by atoms with van der Waals surface area (Å²) in [6.45, 7) is 20.8. The molecule has 0 spiro atoms. The summed E-state index contributed by atoms with van der Waals surface area (Å²) in [6, 6.07) is 13.3. The van der Waals surface area contributed by atoms with Crippen LogP contribution in [-0.4, -0.2) is 62.3 Å². The van der Waals surface area contributed by atoms with E-state index in [1.165, 1.54) is 32.0 Å². The molecule has 0 aliphatic heterocycles. The fourth-order valence-corrected chi connectivity index (χ4v) is 5.11. The number of unbranched alkanes of at least 4 members (excludes halogenated alkanes) is 2. The monoisotopic (exact) mass is 518 g/mol. The van der Waals surface area contributed by atoms with Gasteiger partial charge in [-0.3, -0.25) is 0 Å². The first-order valence-electron chi connectivity index (χ1n) is 15.0. The van der Waals surface area contributed by atoms with E-state index in [4.69, 9.17) is 9.47 Å².